The summed E-state index contributed by atoms with van der Waals surface area (Å²) in [7, 11) is 1.81. The van der Waals surface area contributed by atoms with Crippen LogP contribution >= 0.6 is 0 Å². The molecule has 0 aromatic carbocycles. The first kappa shape index (κ1) is 10.1. The fraction of sp³-hybridized carbons (Fsp3) is 0.545. The third-order valence-electron chi connectivity index (χ3n) is 2.68. The fourth-order valence-corrected chi connectivity index (χ4v) is 1.85. The van der Waals surface area contributed by atoms with Crippen LogP contribution in [0.3, 0.4) is 0 Å². The van der Waals surface area contributed by atoms with Crippen LogP contribution in [0.5, 0.6) is 0 Å². The molecule has 4 heteroatoms. The summed E-state index contributed by atoms with van der Waals surface area (Å²) < 4.78 is 5.20. The van der Waals surface area contributed by atoms with Crippen molar-refractivity contribution in [2.45, 2.75) is 19.4 Å². The first-order valence-electron chi connectivity index (χ1n) is 5.30. The van der Waals surface area contributed by atoms with Gasteiger partial charge in [-0.1, -0.05) is 0 Å². The molecule has 0 radical (unpaired) electrons. The van der Waals surface area contributed by atoms with Crippen LogP contribution < -0.4 is 0 Å². The molecule has 1 aromatic rings. The average Bonchev–Trinajstić information content (AvgIpc) is 2.88. The minimum Gasteiger partial charge on any atom is -0.467 e. The van der Waals surface area contributed by atoms with Crippen molar-refractivity contribution in [1.82, 2.24) is 9.80 Å². The van der Waals surface area contributed by atoms with Gasteiger partial charge in [0.1, 0.15) is 5.76 Å². The van der Waals surface area contributed by atoms with Crippen molar-refractivity contribution >= 4 is 6.03 Å². The Kier molecular flexibility index (Phi) is 2.94. The maximum absolute atomic E-state index is 11.9. The second kappa shape index (κ2) is 4.38. The lowest BCUT2D eigenvalue weighted by Gasteiger charge is -2.23. The SMILES string of the molecule is CN(Cc1ccco1)C(=O)N1CCCC1. The van der Waals surface area contributed by atoms with Gasteiger partial charge in [-0.05, 0) is 25.0 Å². The number of hydrogen-bond acceptors (Lipinski definition) is 2. The predicted octanol–water partition coefficient (Wildman–Crippen LogP) is 1.93. The number of carbonyl (C=O) groups excluding carboxylic acids is 1. The number of likely N-dealkylation sites (tertiary alicyclic amines) is 1. The van der Waals surface area contributed by atoms with Crippen molar-refractivity contribution in [3.63, 3.8) is 0 Å². The van der Waals surface area contributed by atoms with Crippen molar-refractivity contribution in [2.24, 2.45) is 0 Å². The highest BCUT2D eigenvalue weighted by molar-refractivity contribution is 5.74. The highest BCUT2D eigenvalue weighted by Crippen LogP contribution is 2.12. The van der Waals surface area contributed by atoms with E-state index < -0.39 is 0 Å². The summed E-state index contributed by atoms with van der Waals surface area (Å²) in [5.41, 5.74) is 0. The Labute approximate surface area is 89.5 Å². The molecular weight excluding hydrogens is 192 g/mol. The summed E-state index contributed by atoms with van der Waals surface area (Å²) in [6.45, 7) is 2.32. The zero-order chi connectivity index (χ0) is 10.7. The van der Waals surface area contributed by atoms with Crippen molar-refractivity contribution in [3.05, 3.63) is 24.2 Å². The van der Waals surface area contributed by atoms with Gasteiger partial charge in [0, 0.05) is 20.1 Å². The van der Waals surface area contributed by atoms with Crippen LogP contribution in [0.2, 0.25) is 0 Å². The first-order chi connectivity index (χ1) is 7.27. The Morgan fingerprint density at radius 2 is 2.27 bits per heavy atom. The van der Waals surface area contributed by atoms with Crippen LogP contribution in [0.4, 0.5) is 4.79 Å². The Hall–Kier alpha value is -1.45. The maximum atomic E-state index is 11.9. The van der Waals surface area contributed by atoms with Crippen LogP contribution in [-0.4, -0.2) is 36.0 Å². The number of rotatable bonds is 2. The quantitative estimate of drug-likeness (QED) is 0.744. The molecule has 1 fully saturated rings. The molecule has 0 atom stereocenters. The highest BCUT2D eigenvalue weighted by Gasteiger charge is 2.21. The maximum Gasteiger partial charge on any atom is 0.320 e. The van der Waals surface area contributed by atoms with E-state index in [4.69, 9.17) is 4.42 Å². The molecule has 1 saturated heterocycles. The number of urea groups is 1. The van der Waals surface area contributed by atoms with E-state index in [1.165, 1.54) is 0 Å². The summed E-state index contributed by atoms with van der Waals surface area (Å²) in [6.07, 6.45) is 3.88. The van der Waals surface area contributed by atoms with E-state index in [-0.39, 0.29) is 6.03 Å². The molecule has 1 aliphatic heterocycles. The van der Waals surface area contributed by atoms with Crippen LogP contribution in [0.1, 0.15) is 18.6 Å². The summed E-state index contributed by atoms with van der Waals surface area (Å²) in [6, 6.07) is 3.82. The summed E-state index contributed by atoms with van der Waals surface area (Å²) in [4.78, 5) is 15.5. The molecule has 82 valence electrons. The van der Waals surface area contributed by atoms with Gasteiger partial charge < -0.3 is 14.2 Å². The number of amides is 2. The Morgan fingerprint density at radius 1 is 1.53 bits per heavy atom. The monoisotopic (exact) mass is 208 g/mol. The number of nitrogens with zero attached hydrogens (tertiary/aromatic N) is 2. The summed E-state index contributed by atoms with van der Waals surface area (Å²) in [5, 5.41) is 0. The van der Waals surface area contributed by atoms with E-state index in [1.807, 2.05) is 24.1 Å². The van der Waals surface area contributed by atoms with E-state index >= 15 is 0 Å². The van der Waals surface area contributed by atoms with Gasteiger partial charge in [-0.3, -0.25) is 0 Å². The van der Waals surface area contributed by atoms with Crippen molar-refractivity contribution in [3.8, 4) is 0 Å². The van der Waals surface area contributed by atoms with Gasteiger partial charge in [0.05, 0.1) is 12.8 Å². The fourth-order valence-electron chi connectivity index (χ4n) is 1.85. The molecular formula is C11H16N2O2. The Bertz CT molecular complexity index is 315. The largest absolute Gasteiger partial charge is 0.467 e. The van der Waals surface area contributed by atoms with Crippen LogP contribution in [0.15, 0.2) is 22.8 Å². The van der Waals surface area contributed by atoms with E-state index in [0.717, 1.165) is 31.7 Å². The third kappa shape index (κ3) is 2.32. The van der Waals surface area contributed by atoms with Gasteiger partial charge in [-0.15, -0.1) is 0 Å². The lowest BCUT2D eigenvalue weighted by molar-refractivity contribution is 0.167. The molecule has 2 rings (SSSR count). The topological polar surface area (TPSA) is 36.7 Å². The molecule has 15 heavy (non-hydrogen) atoms. The number of hydrogen-bond donors (Lipinski definition) is 0. The van der Waals surface area contributed by atoms with Gasteiger partial charge in [0.15, 0.2) is 0 Å². The second-order valence-corrected chi connectivity index (χ2v) is 3.91. The molecule has 0 unspecified atom stereocenters. The number of furan rings is 1. The molecule has 0 bridgehead atoms. The van der Waals surface area contributed by atoms with Gasteiger partial charge >= 0.3 is 6.03 Å². The van der Waals surface area contributed by atoms with Gasteiger partial charge in [0.25, 0.3) is 0 Å². The van der Waals surface area contributed by atoms with Crippen LogP contribution in [0.25, 0.3) is 0 Å². The summed E-state index contributed by atoms with van der Waals surface area (Å²) in [5.74, 6) is 0.824. The first-order valence-corrected chi connectivity index (χ1v) is 5.30. The molecule has 2 amide bonds. The summed E-state index contributed by atoms with van der Waals surface area (Å²) >= 11 is 0. The van der Waals surface area contributed by atoms with Crippen molar-refractivity contribution in [1.29, 1.82) is 0 Å². The lowest BCUT2D eigenvalue weighted by atomic mass is 10.4. The highest BCUT2D eigenvalue weighted by atomic mass is 16.3. The van der Waals surface area contributed by atoms with E-state index in [0.29, 0.717) is 6.54 Å². The standard InChI is InChI=1S/C11H16N2O2/c1-12(9-10-5-4-8-15-10)11(14)13-6-2-3-7-13/h4-5,8H,2-3,6-7,9H2,1H3. The molecule has 0 spiro atoms. The molecule has 0 N–H and O–H groups in total. The molecule has 2 heterocycles. The minimum atomic E-state index is 0.101. The smallest absolute Gasteiger partial charge is 0.320 e. The molecule has 0 aliphatic carbocycles. The second-order valence-electron chi connectivity index (χ2n) is 3.91. The molecule has 1 aliphatic rings. The minimum absolute atomic E-state index is 0.101. The zero-order valence-electron chi connectivity index (χ0n) is 8.98. The zero-order valence-corrected chi connectivity index (χ0v) is 8.98. The normalized spacial score (nSPS) is 15.7. The van der Waals surface area contributed by atoms with Crippen molar-refractivity contribution in [2.75, 3.05) is 20.1 Å². The van der Waals surface area contributed by atoms with Crippen LogP contribution in [0, 0.1) is 0 Å². The Balaban J connectivity index is 1.89. The van der Waals surface area contributed by atoms with Crippen molar-refractivity contribution < 1.29 is 9.21 Å². The predicted molar refractivity (Wildman–Crippen MR) is 56.4 cm³/mol. The Morgan fingerprint density at radius 3 is 2.87 bits per heavy atom. The molecule has 1 aromatic heterocycles. The number of carbonyl (C=O) groups is 1. The van der Waals surface area contributed by atoms with Gasteiger partial charge in [0.2, 0.25) is 0 Å². The van der Waals surface area contributed by atoms with E-state index in [9.17, 15) is 4.79 Å². The van der Waals surface area contributed by atoms with Crippen LogP contribution in [-0.2, 0) is 6.54 Å². The average molecular weight is 208 g/mol. The van der Waals surface area contributed by atoms with Gasteiger partial charge in [-0.2, -0.15) is 0 Å². The molecule has 4 nitrogen and oxygen atoms in total. The van der Waals surface area contributed by atoms with E-state index in [1.54, 1.807) is 11.2 Å². The molecule has 0 saturated carbocycles. The third-order valence-corrected chi connectivity index (χ3v) is 2.68. The lowest BCUT2D eigenvalue weighted by Crippen LogP contribution is -2.38. The van der Waals surface area contributed by atoms with E-state index in [2.05, 4.69) is 0 Å². The van der Waals surface area contributed by atoms with Gasteiger partial charge in [-0.25, -0.2) is 4.79 Å².